The van der Waals surface area contributed by atoms with Gasteiger partial charge in [0.25, 0.3) is 0 Å². The van der Waals surface area contributed by atoms with Crippen LogP contribution in [-0.2, 0) is 11.2 Å². The zero-order valence-corrected chi connectivity index (χ0v) is 23.2. The first-order chi connectivity index (χ1) is 20.1. The van der Waals surface area contributed by atoms with E-state index in [4.69, 9.17) is 4.98 Å². The first-order valence-electron chi connectivity index (χ1n) is 14.3. The smallest absolute Gasteiger partial charge is 0.227 e. The molecule has 41 heavy (non-hydrogen) atoms. The molecule has 3 N–H and O–H groups in total. The van der Waals surface area contributed by atoms with E-state index in [2.05, 4.69) is 55.6 Å². The molecular formula is C32H32N8O. The number of aromatic nitrogens is 7. The summed E-state index contributed by atoms with van der Waals surface area (Å²) in [6.07, 6.45) is 11.9. The lowest BCUT2D eigenvalue weighted by Crippen LogP contribution is -2.24. The Balaban J connectivity index is 1.25. The minimum Gasteiger partial charge on any atom is -0.337 e. The van der Waals surface area contributed by atoms with Crippen molar-refractivity contribution in [3.63, 3.8) is 0 Å². The number of anilines is 1. The van der Waals surface area contributed by atoms with E-state index in [1.54, 1.807) is 6.33 Å². The van der Waals surface area contributed by atoms with E-state index in [0.29, 0.717) is 11.5 Å². The van der Waals surface area contributed by atoms with Crippen molar-refractivity contribution in [1.29, 1.82) is 0 Å². The van der Waals surface area contributed by atoms with Gasteiger partial charge in [-0.3, -0.25) is 9.89 Å². The van der Waals surface area contributed by atoms with Gasteiger partial charge in [-0.2, -0.15) is 5.10 Å². The van der Waals surface area contributed by atoms with Gasteiger partial charge in [-0.25, -0.2) is 15.0 Å². The highest BCUT2D eigenvalue weighted by molar-refractivity contribution is 5.96. The Morgan fingerprint density at radius 2 is 1.95 bits per heavy atom. The molecule has 0 unspecified atom stereocenters. The van der Waals surface area contributed by atoms with Gasteiger partial charge in [0, 0.05) is 29.6 Å². The second-order valence-corrected chi connectivity index (χ2v) is 11.0. The Morgan fingerprint density at radius 1 is 1.07 bits per heavy atom. The summed E-state index contributed by atoms with van der Waals surface area (Å²) in [7, 11) is 0. The number of benzene rings is 2. The van der Waals surface area contributed by atoms with E-state index >= 15 is 0 Å². The number of H-pyrrole nitrogens is 2. The Morgan fingerprint density at radius 3 is 2.76 bits per heavy atom. The predicted octanol–water partition coefficient (Wildman–Crippen LogP) is 6.74. The van der Waals surface area contributed by atoms with Gasteiger partial charge in [0.1, 0.15) is 11.2 Å². The van der Waals surface area contributed by atoms with Crippen LogP contribution in [0.4, 0.5) is 5.69 Å². The third kappa shape index (κ3) is 4.77. The Bertz CT molecular complexity index is 1890. The molecule has 9 heteroatoms. The van der Waals surface area contributed by atoms with Gasteiger partial charge in [-0.05, 0) is 67.6 Å². The van der Waals surface area contributed by atoms with Crippen molar-refractivity contribution >= 4 is 33.7 Å². The normalized spacial score (nSPS) is 14.2. The molecule has 1 fully saturated rings. The average molecular weight is 545 g/mol. The van der Waals surface area contributed by atoms with Crippen LogP contribution in [-0.4, -0.2) is 40.6 Å². The molecule has 0 saturated heterocycles. The van der Waals surface area contributed by atoms with Gasteiger partial charge < -0.3 is 14.9 Å². The second-order valence-electron chi connectivity index (χ2n) is 11.0. The minimum absolute atomic E-state index is 0.103. The van der Waals surface area contributed by atoms with Crippen LogP contribution in [0.25, 0.3) is 50.4 Å². The summed E-state index contributed by atoms with van der Waals surface area (Å²) in [4.78, 5) is 30.4. The minimum atomic E-state index is 0.103. The first kappa shape index (κ1) is 25.2. The van der Waals surface area contributed by atoms with Crippen molar-refractivity contribution in [3.05, 3.63) is 72.4 Å². The van der Waals surface area contributed by atoms with Crippen LogP contribution < -0.4 is 5.32 Å². The molecule has 6 aromatic rings. The summed E-state index contributed by atoms with van der Waals surface area (Å²) >= 11 is 0. The zero-order valence-electron chi connectivity index (χ0n) is 23.2. The van der Waals surface area contributed by atoms with Crippen molar-refractivity contribution in [2.75, 3.05) is 5.32 Å². The number of rotatable bonds is 6. The molecule has 1 saturated carbocycles. The van der Waals surface area contributed by atoms with E-state index in [1.807, 2.05) is 48.1 Å². The van der Waals surface area contributed by atoms with Crippen molar-refractivity contribution < 1.29 is 4.79 Å². The van der Waals surface area contributed by atoms with Crippen LogP contribution in [0.1, 0.15) is 50.3 Å². The third-order valence-electron chi connectivity index (χ3n) is 8.11. The van der Waals surface area contributed by atoms with Gasteiger partial charge in [-0.15, -0.1) is 0 Å². The Labute approximate surface area is 237 Å². The molecule has 2 aromatic carbocycles. The van der Waals surface area contributed by atoms with Crippen LogP contribution in [0.2, 0.25) is 0 Å². The van der Waals surface area contributed by atoms with E-state index < -0.39 is 0 Å². The highest BCUT2D eigenvalue weighted by atomic mass is 16.1. The summed E-state index contributed by atoms with van der Waals surface area (Å²) in [5.74, 6) is 0.921. The van der Waals surface area contributed by atoms with Crippen molar-refractivity contribution in [2.45, 2.75) is 52.4 Å². The lowest BCUT2D eigenvalue weighted by atomic mass is 9.88. The molecule has 1 amide bonds. The number of aryl methyl sites for hydroxylation is 2. The van der Waals surface area contributed by atoms with Gasteiger partial charge in [0.15, 0.2) is 11.5 Å². The van der Waals surface area contributed by atoms with E-state index in [0.717, 1.165) is 88.0 Å². The van der Waals surface area contributed by atoms with Crippen LogP contribution in [0.5, 0.6) is 0 Å². The maximum absolute atomic E-state index is 13.0. The summed E-state index contributed by atoms with van der Waals surface area (Å²) in [6, 6.07) is 14.4. The molecule has 0 bridgehead atoms. The molecule has 0 aliphatic heterocycles. The number of hydrogen-bond acceptors (Lipinski definition) is 5. The highest BCUT2D eigenvalue weighted by Crippen LogP contribution is 2.32. The third-order valence-corrected chi connectivity index (χ3v) is 8.11. The quantitative estimate of drug-likeness (QED) is 0.215. The fourth-order valence-electron chi connectivity index (χ4n) is 5.88. The zero-order chi connectivity index (χ0) is 27.9. The molecule has 206 valence electrons. The molecule has 4 aromatic heterocycles. The lowest BCUT2D eigenvalue weighted by Gasteiger charge is -2.21. The molecule has 1 aliphatic rings. The SMILES string of the molecule is CCc1cc(NC(=O)C2CCCCC2)cc(-c2cnc3n[nH]c(-c4nc5c(-n6cnc(C)c6)cccc5[nH]4)c3c2)c1. The maximum atomic E-state index is 13.0. The highest BCUT2D eigenvalue weighted by Gasteiger charge is 2.22. The number of amides is 1. The lowest BCUT2D eigenvalue weighted by molar-refractivity contribution is -0.120. The summed E-state index contributed by atoms with van der Waals surface area (Å²) in [5, 5.41) is 11.7. The number of carbonyl (C=O) groups is 1. The number of nitrogens with zero attached hydrogens (tertiary/aromatic N) is 5. The number of hydrogen-bond donors (Lipinski definition) is 3. The van der Waals surface area contributed by atoms with E-state index in [-0.39, 0.29) is 11.8 Å². The molecule has 1 aliphatic carbocycles. The number of fused-ring (bicyclic) bond motifs is 2. The van der Waals surface area contributed by atoms with Crippen LogP contribution in [0.15, 0.2) is 61.2 Å². The fraction of sp³-hybridized carbons (Fsp3) is 0.281. The number of carbonyl (C=O) groups excluding carboxylic acids is 1. The average Bonchev–Trinajstić information content (AvgIpc) is 3.74. The van der Waals surface area contributed by atoms with E-state index in [1.165, 1.54) is 6.42 Å². The van der Waals surface area contributed by atoms with Gasteiger partial charge in [0.05, 0.1) is 28.6 Å². The molecule has 0 radical (unpaired) electrons. The van der Waals surface area contributed by atoms with Gasteiger partial charge in [0.2, 0.25) is 5.91 Å². The predicted molar refractivity (Wildman–Crippen MR) is 161 cm³/mol. The Hall–Kier alpha value is -4.79. The monoisotopic (exact) mass is 544 g/mol. The number of aromatic amines is 2. The largest absolute Gasteiger partial charge is 0.337 e. The summed E-state index contributed by atoms with van der Waals surface area (Å²) in [5.41, 5.74) is 9.01. The molecule has 0 atom stereocenters. The van der Waals surface area contributed by atoms with Crippen molar-refractivity contribution in [2.24, 2.45) is 5.92 Å². The number of para-hydroxylation sites is 1. The second kappa shape index (κ2) is 10.3. The number of pyridine rings is 1. The Kier molecular flexibility index (Phi) is 6.34. The topological polar surface area (TPSA) is 117 Å². The number of nitrogens with one attached hydrogen (secondary N) is 3. The van der Waals surface area contributed by atoms with Crippen LogP contribution >= 0.6 is 0 Å². The standard InChI is InChI=1S/C32H32N8O/c1-3-20-12-22(14-24(13-20)35-32(41)21-8-5-4-6-9-21)23-15-25-28(38-39-30(25)33-16-23)31-36-26-10-7-11-27(29(26)37-31)40-17-19(2)34-18-40/h7,10-18,21H,3-6,8-9H2,1-2H3,(H,35,41)(H,36,37)(H,33,38,39). The van der Waals surface area contributed by atoms with Gasteiger partial charge >= 0.3 is 0 Å². The molecule has 4 heterocycles. The van der Waals surface area contributed by atoms with Crippen molar-refractivity contribution in [3.8, 4) is 28.3 Å². The summed E-state index contributed by atoms with van der Waals surface area (Å²) in [6.45, 7) is 4.10. The molecule has 9 nitrogen and oxygen atoms in total. The summed E-state index contributed by atoms with van der Waals surface area (Å²) < 4.78 is 1.98. The van der Waals surface area contributed by atoms with Gasteiger partial charge in [-0.1, -0.05) is 38.3 Å². The first-order valence-corrected chi connectivity index (χ1v) is 14.3. The molecule has 7 rings (SSSR count). The van der Waals surface area contributed by atoms with E-state index in [9.17, 15) is 4.79 Å². The molecule has 0 spiro atoms. The van der Waals surface area contributed by atoms with Crippen LogP contribution in [0, 0.1) is 12.8 Å². The van der Waals surface area contributed by atoms with Crippen LogP contribution in [0.3, 0.4) is 0 Å². The number of imidazole rings is 2. The maximum Gasteiger partial charge on any atom is 0.227 e. The fourth-order valence-corrected chi connectivity index (χ4v) is 5.88. The molecular weight excluding hydrogens is 512 g/mol. The van der Waals surface area contributed by atoms with Crippen molar-refractivity contribution in [1.82, 2.24) is 34.7 Å².